The minimum absolute atomic E-state index is 0.225. The molecule has 0 spiro atoms. The highest BCUT2D eigenvalue weighted by molar-refractivity contribution is 5.96. The third-order valence-electron chi connectivity index (χ3n) is 3.14. The molecule has 0 N–H and O–H groups in total. The molecule has 0 aliphatic heterocycles. The maximum absolute atomic E-state index is 11.3. The fourth-order valence-electron chi connectivity index (χ4n) is 2.36. The van der Waals surface area contributed by atoms with Crippen LogP contribution < -0.4 is 4.74 Å². The van der Waals surface area contributed by atoms with Gasteiger partial charge in [0.2, 0.25) is 0 Å². The van der Waals surface area contributed by atoms with E-state index < -0.39 is 0 Å². The van der Waals surface area contributed by atoms with Crippen molar-refractivity contribution in [3.05, 3.63) is 29.5 Å². The summed E-state index contributed by atoms with van der Waals surface area (Å²) < 4.78 is 7.43. The van der Waals surface area contributed by atoms with Gasteiger partial charge in [-0.05, 0) is 32.4 Å². The van der Waals surface area contributed by atoms with E-state index in [1.807, 2.05) is 29.7 Å². The monoisotopic (exact) mass is 231 g/mol. The summed E-state index contributed by atoms with van der Waals surface area (Å²) in [4.78, 5) is 11.3. The van der Waals surface area contributed by atoms with Gasteiger partial charge < -0.3 is 9.30 Å². The van der Waals surface area contributed by atoms with Crippen LogP contribution in [0.15, 0.2) is 18.2 Å². The predicted molar refractivity (Wildman–Crippen MR) is 69.0 cm³/mol. The molecule has 0 atom stereocenters. The summed E-state index contributed by atoms with van der Waals surface area (Å²) in [5, 5.41) is 1.08. The fraction of sp³-hybridized carbons (Fsp3) is 0.357. The molecule has 0 saturated carbocycles. The van der Waals surface area contributed by atoms with Crippen LogP contribution in [-0.4, -0.2) is 18.0 Å². The number of fused-ring (bicyclic) bond motifs is 1. The Hall–Kier alpha value is -1.77. The molecule has 2 aromatic rings. The molecule has 0 saturated heterocycles. The van der Waals surface area contributed by atoms with E-state index >= 15 is 0 Å². The highest BCUT2D eigenvalue weighted by Gasteiger charge is 2.18. The molecule has 3 nitrogen and oxygen atoms in total. The Morgan fingerprint density at radius 2 is 2.06 bits per heavy atom. The predicted octanol–water partition coefficient (Wildman–Crippen LogP) is 3.35. The first-order valence-electron chi connectivity index (χ1n) is 5.74. The van der Waals surface area contributed by atoms with Gasteiger partial charge in [0.05, 0.1) is 18.3 Å². The van der Waals surface area contributed by atoms with Crippen LogP contribution in [0.1, 0.15) is 35.9 Å². The van der Waals surface area contributed by atoms with Gasteiger partial charge >= 0.3 is 0 Å². The molecule has 0 aliphatic carbocycles. The van der Waals surface area contributed by atoms with E-state index in [9.17, 15) is 4.79 Å². The second-order valence-corrected chi connectivity index (χ2v) is 4.45. The molecular formula is C14H17NO2. The molecule has 1 aromatic heterocycles. The summed E-state index contributed by atoms with van der Waals surface area (Å²) in [6.45, 7) is 6.11. The van der Waals surface area contributed by atoms with Crippen LogP contribution in [-0.2, 0) is 0 Å². The van der Waals surface area contributed by atoms with Crippen molar-refractivity contribution in [2.45, 2.75) is 26.8 Å². The zero-order valence-electron chi connectivity index (χ0n) is 10.7. The number of aldehydes is 1. The van der Waals surface area contributed by atoms with Crippen molar-refractivity contribution in [2.75, 3.05) is 7.11 Å². The smallest absolute Gasteiger partial charge is 0.166 e. The number of para-hydroxylation sites is 1. The lowest BCUT2D eigenvalue weighted by Gasteiger charge is -2.13. The summed E-state index contributed by atoms with van der Waals surface area (Å²) in [5.74, 6) is 0.812. The van der Waals surface area contributed by atoms with E-state index in [1.165, 1.54) is 0 Å². The van der Waals surface area contributed by atoms with Crippen molar-refractivity contribution in [1.82, 2.24) is 4.57 Å². The Morgan fingerprint density at radius 3 is 2.59 bits per heavy atom. The average Bonchev–Trinajstić information content (AvgIpc) is 2.62. The molecular weight excluding hydrogens is 214 g/mol. The first-order valence-corrected chi connectivity index (χ1v) is 5.74. The van der Waals surface area contributed by atoms with E-state index in [0.29, 0.717) is 0 Å². The first-order chi connectivity index (χ1) is 8.11. The number of ether oxygens (including phenoxy) is 1. The summed E-state index contributed by atoms with van der Waals surface area (Å²) in [6, 6.07) is 6.13. The van der Waals surface area contributed by atoms with Gasteiger partial charge in [0, 0.05) is 11.4 Å². The lowest BCUT2D eigenvalue weighted by Crippen LogP contribution is -2.06. The highest BCUT2D eigenvalue weighted by Crippen LogP contribution is 2.34. The van der Waals surface area contributed by atoms with Crippen molar-refractivity contribution in [3.63, 3.8) is 0 Å². The third-order valence-corrected chi connectivity index (χ3v) is 3.14. The number of hydrogen-bond acceptors (Lipinski definition) is 2. The van der Waals surface area contributed by atoms with Gasteiger partial charge in [-0.3, -0.25) is 4.79 Å². The summed E-state index contributed by atoms with van der Waals surface area (Å²) in [7, 11) is 1.66. The average molecular weight is 231 g/mol. The highest BCUT2D eigenvalue weighted by atomic mass is 16.5. The number of methoxy groups -OCH3 is 1. The minimum Gasteiger partial charge on any atom is -0.495 e. The Balaban J connectivity index is 2.96. The Morgan fingerprint density at radius 1 is 1.35 bits per heavy atom. The summed E-state index contributed by atoms with van der Waals surface area (Å²) in [6.07, 6.45) is 0.925. The summed E-state index contributed by atoms with van der Waals surface area (Å²) >= 11 is 0. The Bertz CT molecular complexity index is 567. The standard InChI is InChI=1S/C14H17NO2/c1-9(2)15-12(8-16)10(3)11-6-5-7-13(17-4)14(11)15/h5-9H,1-4H3. The quantitative estimate of drug-likeness (QED) is 0.758. The number of rotatable bonds is 3. The molecule has 0 amide bonds. The second-order valence-electron chi connectivity index (χ2n) is 4.45. The van der Waals surface area contributed by atoms with Crippen LogP contribution in [0.2, 0.25) is 0 Å². The summed E-state index contributed by atoms with van der Waals surface area (Å²) in [5.41, 5.74) is 2.76. The van der Waals surface area contributed by atoms with Crippen molar-refractivity contribution in [1.29, 1.82) is 0 Å². The van der Waals surface area contributed by atoms with Crippen molar-refractivity contribution < 1.29 is 9.53 Å². The molecule has 1 aromatic carbocycles. The Labute approximate surface area is 101 Å². The van der Waals surface area contributed by atoms with E-state index in [0.717, 1.165) is 34.2 Å². The maximum Gasteiger partial charge on any atom is 0.166 e. The molecule has 0 aliphatic rings. The molecule has 90 valence electrons. The lowest BCUT2D eigenvalue weighted by atomic mass is 10.1. The molecule has 0 unspecified atom stereocenters. The molecule has 1 heterocycles. The number of aryl methyl sites for hydroxylation is 1. The van der Waals surface area contributed by atoms with Crippen LogP contribution in [0.5, 0.6) is 5.75 Å². The Kier molecular flexibility index (Phi) is 2.92. The lowest BCUT2D eigenvalue weighted by molar-refractivity contribution is 0.111. The number of carbonyl (C=O) groups is 1. The van der Waals surface area contributed by atoms with Gasteiger partial charge in [0.15, 0.2) is 6.29 Å². The van der Waals surface area contributed by atoms with Gasteiger partial charge in [-0.25, -0.2) is 0 Å². The van der Waals surface area contributed by atoms with Gasteiger partial charge in [0.25, 0.3) is 0 Å². The van der Waals surface area contributed by atoms with Crippen LogP contribution in [0, 0.1) is 6.92 Å². The maximum atomic E-state index is 11.3. The van der Waals surface area contributed by atoms with E-state index in [2.05, 4.69) is 13.8 Å². The van der Waals surface area contributed by atoms with Gasteiger partial charge in [-0.1, -0.05) is 12.1 Å². The van der Waals surface area contributed by atoms with E-state index in [4.69, 9.17) is 4.74 Å². The topological polar surface area (TPSA) is 31.2 Å². The zero-order valence-corrected chi connectivity index (χ0v) is 10.7. The largest absolute Gasteiger partial charge is 0.495 e. The van der Waals surface area contributed by atoms with Gasteiger partial charge in [-0.15, -0.1) is 0 Å². The number of hydrogen-bond donors (Lipinski definition) is 0. The van der Waals surface area contributed by atoms with Crippen LogP contribution in [0.4, 0.5) is 0 Å². The minimum atomic E-state index is 0.225. The zero-order chi connectivity index (χ0) is 12.6. The normalized spacial score (nSPS) is 11.1. The van der Waals surface area contributed by atoms with E-state index in [-0.39, 0.29) is 6.04 Å². The van der Waals surface area contributed by atoms with Gasteiger partial charge in [0.1, 0.15) is 5.75 Å². The molecule has 0 radical (unpaired) electrons. The van der Waals surface area contributed by atoms with Crippen LogP contribution >= 0.6 is 0 Å². The SMILES string of the molecule is COc1cccc2c(C)c(C=O)n(C(C)C)c12. The molecule has 2 rings (SSSR count). The van der Waals surface area contributed by atoms with Crippen LogP contribution in [0.25, 0.3) is 10.9 Å². The molecule has 0 fully saturated rings. The number of carbonyl (C=O) groups excluding carboxylic acids is 1. The number of benzene rings is 1. The van der Waals surface area contributed by atoms with E-state index in [1.54, 1.807) is 7.11 Å². The number of nitrogens with zero attached hydrogens (tertiary/aromatic N) is 1. The second kappa shape index (κ2) is 4.24. The molecule has 17 heavy (non-hydrogen) atoms. The third kappa shape index (κ3) is 1.62. The van der Waals surface area contributed by atoms with Gasteiger partial charge in [-0.2, -0.15) is 0 Å². The van der Waals surface area contributed by atoms with Crippen molar-refractivity contribution in [3.8, 4) is 5.75 Å². The number of aromatic nitrogens is 1. The van der Waals surface area contributed by atoms with Crippen molar-refractivity contribution in [2.24, 2.45) is 0 Å². The first kappa shape index (κ1) is 11.7. The molecule has 0 bridgehead atoms. The fourth-order valence-corrected chi connectivity index (χ4v) is 2.36. The van der Waals surface area contributed by atoms with Crippen molar-refractivity contribution >= 4 is 17.2 Å². The van der Waals surface area contributed by atoms with Crippen LogP contribution in [0.3, 0.4) is 0 Å². The molecule has 3 heteroatoms.